The Labute approximate surface area is 94.3 Å². The predicted molar refractivity (Wildman–Crippen MR) is 59.3 cm³/mol. The van der Waals surface area contributed by atoms with Crippen LogP contribution in [0.25, 0.3) is 0 Å². The number of phosphoric ester groups is 1. The highest BCUT2D eigenvalue weighted by atomic mass is 31.2. The third-order valence-corrected chi connectivity index (χ3v) is 2.46. The zero-order valence-corrected chi connectivity index (χ0v) is 9.89. The second kappa shape index (κ2) is 6.01. The van der Waals surface area contributed by atoms with E-state index in [9.17, 15) is 4.57 Å². The lowest BCUT2D eigenvalue weighted by Crippen LogP contribution is -2.05. The van der Waals surface area contributed by atoms with Crippen LogP contribution in [-0.4, -0.2) is 23.0 Å². The van der Waals surface area contributed by atoms with Gasteiger partial charge in [-0.15, -0.1) is 0 Å². The van der Waals surface area contributed by atoms with Gasteiger partial charge in [-0.2, -0.15) is 0 Å². The van der Waals surface area contributed by atoms with Crippen LogP contribution in [0.4, 0.5) is 0 Å². The third kappa shape index (κ3) is 5.28. The molecule has 0 aliphatic rings. The molecule has 0 fully saturated rings. The maximum atomic E-state index is 10.3. The average Bonchev–Trinajstić information content (AvgIpc) is 2.24. The van der Waals surface area contributed by atoms with Gasteiger partial charge in [-0.25, -0.2) is 4.57 Å². The van der Waals surface area contributed by atoms with Gasteiger partial charge in [-0.3, -0.25) is 4.52 Å². The third-order valence-electron chi connectivity index (χ3n) is 1.94. The van der Waals surface area contributed by atoms with Crippen molar-refractivity contribution in [2.45, 2.75) is 13.3 Å². The first-order valence-electron chi connectivity index (χ1n) is 4.93. The zero-order valence-electron chi connectivity index (χ0n) is 9.00. The number of rotatable bonds is 6. The van der Waals surface area contributed by atoms with E-state index < -0.39 is 7.82 Å². The number of hydrogen-bond donors (Lipinski definition) is 2. The fourth-order valence-corrected chi connectivity index (χ4v) is 1.45. The quantitative estimate of drug-likeness (QED) is 0.590. The molecule has 0 aromatic heterocycles. The van der Waals surface area contributed by atoms with E-state index in [1.165, 1.54) is 5.56 Å². The van der Waals surface area contributed by atoms with Gasteiger partial charge in [0.05, 0.1) is 6.61 Å². The summed E-state index contributed by atoms with van der Waals surface area (Å²) in [6.07, 6.45) is 0.960. The Morgan fingerprint density at radius 2 is 1.81 bits per heavy atom. The molecule has 5 nitrogen and oxygen atoms in total. The lowest BCUT2D eigenvalue weighted by Gasteiger charge is -2.07. The first-order valence-corrected chi connectivity index (χ1v) is 6.46. The van der Waals surface area contributed by atoms with Crippen molar-refractivity contribution in [1.29, 1.82) is 0 Å². The molecule has 0 atom stereocenters. The minimum absolute atomic E-state index is 0.108. The molecule has 0 radical (unpaired) electrons. The van der Waals surface area contributed by atoms with Crippen LogP contribution < -0.4 is 4.74 Å². The van der Waals surface area contributed by atoms with Gasteiger partial charge in [0.15, 0.2) is 0 Å². The molecule has 90 valence electrons. The summed E-state index contributed by atoms with van der Waals surface area (Å²) in [5.41, 5.74) is 1.21. The van der Waals surface area contributed by atoms with E-state index in [2.05, 4.69) is 11.4 Å². The summed E-state index contributed by atoms with van der Waals surface area (Å²) in [7, 11) is -4.38. The molecule has 0 aliphatic carbocycles. The van der Waals surface area contributed by atoms with Gasteiger partial charge in [0.25, 0.3) is 0 Å². The van der Waals surface area contributed by atoms with Crippen LogP contribution in [0, 0.1) is 0 Å². The summed E-state index contributed by atoms with van der Waals surface area (Å²) >= 11 is 0. The number of phosphoric acid groups is 1. The first-order chi connectivity index (χ1) is 7.51. The fraction of sp³-hybridized carbons (Fsp3) is 0.400. The molecule has 0 bridgehead atoms. The van der Waals surface area contributed by atoms with Crippen molar-refractivity contribution in [2.24, 2.45) is 0 Å². The molecule has 0 aliphatic heterocycles. The fourth-order valence-electron chi connectivity index (χ4n) is 1.14. The van der Waals surface area contributed by atoms with E-state index in [0.717, 1.165) is 6.42 Å². The van der Waals surface area contributed by atoms with Gasteiger partial charge in [-0.1, -0.05) is 19.1 Å². The maximum Gasteiger partial charge on any atom is 0.469 e. The van der Waals surface area contributed by atoms with E-state index in [1.807, 2.05) is 24.3 Å². The van der Waals surface area contributed by atoms with E-state index >= 15 is 0 Å². The molecule has 0 amide bonds. The SMILES string of the molecule is CCc1ccc(OCCOP(=O)(O)O)cc1. The molecular formula is C10H15O5P. The largest absolute Gasteiger partial charge is 0.491 e. The van der Waals surface area contributed by atoms with Gasteiger partial charge in [0, 0.05) is 0 Å². The lowest BCUT2D eigenvalue weighted by molar-refractivity contribution is 0.160. The lowest BCUT2D eigenvalue weighted by atomic mass is 10.2. The van der Waals surface area contributed by atoms with Crippen LogP contribution >= 0.6 is 7.82 Å². The van der Waals surface area contributed by atoms with Gasteiger partial charge >= 0.3 is 7.82 Å². The summed E-state index contributed by atoms with van der Waals surface area (Å²) in [6, 6.07) is 7.52. The smallest absolute Gasteiger partial charge is 0.469 e. The molecule has 0 heterocycles. The summed E-state index contributed by atoms with van der Waals surface area (Å²) in [5.74, 6) is 0.659. The second-order valence-corrected chi connectivity index (χ2v) is 4.41. The molecule has 0 saturated carbocycles. The van der Waals surface area contributed by atoms with Crippen LogP contribution in [0.3, 0.4) is 0 Å². The first kappa shape index (κ1) is 13.2. The summed E-state index contributed by atoms with van der Waals surface area (Å²) in [5, 5.41) is 0. The molecule has 2 N–H and O–H groups in total. The van der Waals surface area contributed by atoms with Crippen molar-refractivity contribution in [3.05, 3.63) is 29.8 Å². The van der Waals surface area contributed by atoms with Crippen LogP contribution in [-0.2, 0) is 15.5 Å². The highest BCUT2D eigenvalue weighted by Crippen LogP contribution is 2.35. The highest BCUT2D eigenvalue weighted by Gasteiger charge is 2.12. The van der Waals surface area contributed by atoms with Crippen molar-refractivity contribution in [2.75, 3.05) is 13.2 Å². The monoisotopic (exact) mass is 246 g/mol. The predicted octanol–water partition coefficient (Wildman–Crippen LogP) is 1.74. The molecule has 6 heteroatoms. The molecule has 0 unspecified atom stereocenters. The Hall–Kier alpha value is -0.870. The standard InChI is InChI=1S/C10H15O5P/c1-2-9-3-5-10(6-4-9)14-7-8-15-16(11,12)13/h3-6H,2,7-8H2,1H3,(H2,11,12,13). The van der Waals surface area contributed by atoms with Crippen molar-refractivity contribution >= 4 is 7.82 Å². The molecule has 16 heavy (non-hydrogen) atoms. The number of aryl methyl sites for hydroxylation is 1. The van der Waals surface area contributed by atoms with Crippen molar-refractivity contribution in [1.82, 2.24) is 0 Å². The summed E-state index contributed by atoms with van der Waals surface area (Å²) < 4.78 is 19.8. The van der Waals surface area contributed by atoms with Crippen molar-refractivity contribution in [3.63, 3.8) is 0 Å². The van der Waals surface area contributed by atoms with E-state index in [1.54, 1.807) is 0 Å². The minimum atomic E-state index is -4.38. The normalized spacial score (nSPS) is 11.4. The molecule has 1 aromatic rings. The van der Waals surface area contributed by atoms with Gasteiger partial charge < -0.3 is 14.5 Å². The average molecular weight is 246 g/mol. The topological polar surface area (TPSA) is 76.0 Å². The second-order valence-electron chi connectivity index (χ2n) is 3.17. The Balaban J connectivity index is 2.29. The molecule has 1 rings (SSSR count). The molecular weight excluding hydrogens is 231 g/mol. The van der Waals surface area contributed by atoms with Crippen LogP contribution in [0.15, 0.2) is 24.3 Å². The van der Waals surface area contributed by atoms with Crippen LogP contribution in [0.1, 0.15) is 12.5 Å². The minimum Gasteiger partial charge on any atom is -0.491 e. The van der Waals surface area contributed by atoms with Crippen LogP contribution in [0.5, 0.6) is 5.75 Å². The Kier molecular flexibility index (Phi) is 4.96. The Bertz CT molecular complexity index is 356. The van der Waals surface area contributed by atoms with Crippen molar-refractivity contribution in [3.8, 4) is 5.75 Å². The van der Waals surface area contributed by atoms with Gasteiger partial charge in [-0.05, 0) is 24.1 Å². The van der Waals surface area contributed by atoms with Gasteiger partial charge in [0.1, 0.15) is 12.4 Å². The number of hydrogen-bond acceptors (Lipinski definition) is 3. The van der Waals surface area contributed by atoms with Gasteiger partial charge in [0.2, 0.25) is 0 Å². The summed E-state index contributed by atoms with van der Waals surface area (Å²) in [4.78, 5) is 16.8. The summed E-state index contributed by atoms with van der Waals surface area (Å²) in [6.45, 7) is 2.03. The zero-order chi connectivity index (χ0) is 12.0. The molecule has 0 spiro atoms. The van der Waals surface area contributed by atoms with Crippen molar-refractivity contribution < 1.29 is 23.6 Å². The number of ether oxygens (including phenoxy) is 1. The van der Waals surface area contributed by atoms with Crippen LogP contribution in [0.2, 0.25) is 0 Å². The molecule has 1 aromatic carbocycles. The molecule has 0 saturated heterocycles. The van der Waals surface area contributed by atoms with E-state index in [4.69, 9.17) is 14.5 Å². The highest BCUT2D eigenvalue weighted by molar-refractivity contribution is 7.46. The Morgan fingerprint density at radius 1 is 1.19 bits per heavy atom. The Morgan fingerprint density at radius 3 is 2.31 bits per heavy atom. The van der Waals surface area contributed by atoms with E-state index in [0.29, 0.717) is 5.75 Å². The van der Waals surface area contributed by atoms with E-state index in [-0.39, 0.29) is 13.2 Å². The maximum absolute atomic E-state index is 10.3. The number of benzene rings is 1.